The van der Waals surface area contributed by atoms with Gasteiger partial charge in [-0.1, -0.05) is 18.2 Å². The summed E-state index contributed by atoms with van der Waals surface area (Å²) < 4.78 is 7.85. The van der Waals surface area contributed by atoms with Crippen LogP contribution in [-0.2, 0) is 13.5 Å². The minimum absolute atomic E-state index is 0.136. The number of likely N-dealkylation sites (N-methyl/N-ethyl adjacent to an activating group) is 1. The molecule has 2 aromatic rings. The van der Waals surface area contributed by atoms with E-state index >= 15 is 0 Å². The van der Waals surface area contributed by atoms with Gasteiger partial charge in [-0.3, -0.25) is 4.68 Å². The van der Waals surface area contributed by atoms with Crippen molar-refractivity contribution < 1.29 is 4.74 Å². The Morgan fingerprint density at radius 3 is 2.94 bits per heavy atom. The zero-order valence-electron chi connectivity index (χ0n) is 10.6. The minimum Gasteiger partial charge on any atom is -0.488 e. The molecular formula is C14H17N3O. The van der Waals surface area contributed by atoms with Gasteiger partial charge in [0.25, 0.3) is 0 Å². The van der Waals surface area contributed by atoms with Crippen molar-refractivity contribution in [2.45, 2.75) is 18.6 Å². The van der Waals surface area contributed by atoms with E-state index in [0.29, 0.717) is 0 Å². The summed E-state index contributed by atoms with van der Waals surface area (Å²) >= 11 is 0. The molecule has 1 N–H and O–H groups in total. The highest BCUT2D eigenvalue weighted by atomic mass is 16.5. The second-order valence-electron chi connectivity index (χ2n) is 4.68. The molecule has 0 saturated heterocycles. The van der Waals surface area contributed by atoms with Crippen LogP contribution < -0.4 is 10.1 Å². The second kappa shape index (κ2) is 4.46. The predicted molar refractivity (Wildman–Crippen MR) is 69.6 cm³/mol. The highest BCUT2D eigenvalue weighted by Crippen LogP contribution is 2.33. The highest BCUT2D eigenvalue weighted by molar-refractivity contribution is 5.38. The predicted octanol–water partition coefficient (Wildman–Crippen LogP) is 1.68. The molecule has 2 atom stereocenters. The van der Waals surface area contributed by atoms with E-state index in [-0.39, 0.29) is 12.1 Å². The van der Waals surface area contributed by atoms with Gasteiger partial charge in [0.2, 0.25) is 0 Å². The van der Waals surface area contributed by atoms with E-state index in [1.54, 1.807) is 0 Å². The fraction of sp³-hybridized carbons (Fsp3) is 0.357. The number of aryl methyl sites for hydroxylation is 1. The maximum atomic E-state index is 6.02. The van der Waals surface area contributed by atoms with E-state index in [1.807, 2.05) is 43.3 Å². The van der Waals surface area contributed by atoms with Crippen LogP contribution in [-0.4, -0.2) is 22.9 Å². The van der Waals surface area contributed by atoms with E-state index in [2.05, 4.69) is 22.5 Å². The molecule has 1 aromatic carbocycles. The number of rotatable bonds is 3. The fourth-order valence-electron chi connectivity index (χ4n) is 2.56. The molecule has 3 rings (SSSR count). The maximum absolute atomic E-state index is 6.02. The van der Waals surface area contributed by atoms with Gasteiger partial charge in [0, 0.05) is 25.2 Å². The third-order valence-electron chi connectivity index (χ3n) is 3.44. The lowest BCUT2D eigenvalue weighted by Gasteiger charge is -2.21. The van der Waals surface area contributed by atoms with Crippen LogP contribution in [0.4, 0.5) is 0 Å². The van der Waals surface area contributed by atoms with Gasteiger partial charge in [0.1, 0.15) is 11.9 Å². The van der Waals surface area contributed by atoms with Crippen LogP contribution in [0.3, 0.4) is 0 Å². The lowest BCUT2D eigenvalue weighted by Crippen LogP contribution is -2.32. The van der Waals surface area contributed by atoms with E-state index in [0.717, 1.165) is 17.7 Å². The normalized spacial score (nSPS) is 19.3. The van der Waals surface area contributed by atoms with Crippen LogP contribution in [0.2, 0.25) is 0 Å². The van der Waals surface area contributed by atoms with Crippen LogP contribution >= 0.6 is 0 Å². The molecule has 4 nitrogen and oxygen atoms in total. The van der Waals surface area contributed by atoms with Gasteiger partial charge in [0.05, 0.1) is 12.2 Å². The molecule has 1 aliphatic heterocycles. The zero-order chi connectivity index (χ0) is 12.5. The number of hydrogen-bond acceptors (Lipinski definition) is 3. The molecule has 0 saturated carbocycles. The first-order valence-electron chi connectivity index (χ1n) is 6.18. The van der Waals surface area contributed by atoms with Crippen molar-refractivity contribution >= 4 is 0 Å². The van der Waals surface area contributed by atoms with E-state index in [1.165, 1.54) is 5.56 Å². The third-order valence-corrected chi connectivity index (χ3v) is 3.44. The molecule has 18 heavy (non-hydrogen) atoms. The summed E-state index contributed by atoms with van der Waals surface area (Å²) in [5.74, 6) is 1.01. The van der Waals surface area contributed by atoms with Crippen molar-refractivity contribution in [1.29, 1.82) is 0 Å². The molecule has 2 unspecified atom stereocenters. The average Bonchev–Trinajstić information content (AvgIpc) is 2.96. The summed E-state index contributed by atoms with van der Waals surface area (Å²) in [5.41, 5.74) is 2.45. The van der Waals surface area contributed by atoms with Crippen LogP contribution in [0.25, 0.3) is 0 Å². The molecule has 0 aliphatic carbocycles. The first-order chi connectivity index (χ1) is 8.78. The van der Waals surface area contributed by atoms with Crippen molar-refractivity contribution in [3.63, 3.8) is 0 Å². The van der Waals surface area contributed by atoms with E-state index in [4.69, 9.17) is 4.74 Å². The summed E-state index contributed by atoms with van der Waals surface area (Å²) in [6, 6.07) is 8.41. The molecular weight excluding hydrogens is 226 g/mol. The average molecular weight is 243 g/mol. The van der Waals surface area contributed by atoms with Crippen molar-refractivity contribution in [2.75, 3.05) is 7.05 Å². The molecule has 1 aliphatic rings. The molecule has 0 bridgehead atoms. The molecule has 94 valence electrons. The monoisotopic (exact) mass is 243 g/mol. The number of aromatic nitrogens is 2. The summed E-state index contributed by atoms with van der Waals surface area (Å²) in [5, 5.41) is 7.56. The zero-order valence-corrected chi connectivity index (χ0v) is 10.6. The smallest absolute Gasteiger partial charge is 0.123 e. The third kappa shape index (κ3) is 1.88. The highest BCUT2D eigenvalue weighted by Gasteiger charge is 2.30. The fourth-order valence-corrected chi connectivity index (χ4v) is 2.56. The number of hydrogen-bond donors (Lipinski definition) is 1. The van der Waals surface area contributed by atoms with Gasteiger partial charge in [-0.05, 0) is 18.7 Å². The first-order valence-corrected chi connectivity index (χ1v) is 6.18. The summed E-state index contributed by atoms with van der Waals surface area (Å²) in [6.45, 7) is 0. The molecule has 0 fully saturated rings. The topological polar surface area (TPSA) is 39.1 Å². The number of nitrogens with one attached hydrogen (secondary N) is 1. The van der Waals surface area contributed by atoms with Crippen LogP contribution in [0.1, 0.15) is 17.2 Å². The van der Waals surface area contributed by atoms with Crippen molar-refractivity contribution in [3.8, 4) is 5.75 Å². The number of para-hydroxylation sites is 1. The molecule has 1 aromatic heterocycles. The number of ether oxygens (including phenoxy) is 1. The van der Waals surface area contributed by atoms with Gasteiger partial charge >= 0.3 is 0 Å². The quantitative estimate of drug-likeness (QED) is 0.891. The lowest BCUT2D eigenvalue weighted by molar-refractivity contribution is 0.183. The van der Waals surface area contributed by atoms with Gasteiger partial charge in [0.15, 0.2) is 0 Å². The summed E-state index contributed by atoms with van der Waals surface area (Å²) in [7, 11) is 3.89. The molecule has 0 radical (unpaired) electrons. The van der Waals surface area contributed by atoms with Gasteiger partial charge in [-0.25, -0.2) is 0 Å². The maximum Gasteiger partial charge on any atom is 0.123 e. The molecule has 0 spiro atoms. The first kappa shape index (κ1) is 11.3. The summed E-state index contributed by atoms with van der Waals surface area (Å²) in [4.78, 5) is 0. The van der Waals surface area contributed by atoms with E-state index < -0.39 is 0 Å². The summed E-state index contributed by atoms with van der Waals surface area (Å²) in [6.07, 6.45) is 5.01. The Balaban J connectivity index is 1.83. The van der Waals surface area contributed by atoms with Crippen molar-refractivity contribution in [3.05, 3.63) is 47.8 Å². The lowest BCUT2D eigenvalue weighted by atomic mass is 10.0. The SMILES string of the molecule is CNC(c1cnn(C)c1)C1Cc2ccccc2O1. The Hall–Kier alpha value is -1.81. The Kier molecular flexibility index (Phi) is 2.80. The van der Waals surface area contributed by atoms with Gasteiger partial charge in [-0.15, -0.1) is 0 Å². The van der Waals surface area contributed by atoms with Crippen molar-refractivity contribution in [2.24, 2.45) is 7.05 Å². The van der Waals surface area contributed by atoms with Crippen LogP contribution in [0.15, 0.2) is 36.7 Å². The van der Waals surface area contributed by atoms with Gasteiger partial charge < -0.3 is 10.1 Å². The minimum atomic E-state index is 0.136. The number of nitrogens with zero attached hydrogens (tertiary/aromatic N) is 2. The number of benzene rings is 1. The molecule has 2 heterocycles. The Morgan fingerprint density at radius 2 is 2.28 bits per heavy atom. The number of fused-ring (bicyclic) bond motifs is 1. The Bertz CT molecular complexity index is 524. The van der Waals surface area contributed by atoms with Crippen LogP contribution in [0.5, 0.6) is 5.75 Å². The largest absolute Gasteiger partial charge is 0.488 e. The van der Waals surface area contributed by atoms with Gasteiger partial charge in [-0.2, -0.15) is 5.10 Å². The Morgan fingerprint density at radius 1 is 1.44 bits per heavy atom. The standard InChI is InChI=1S/C14H17N3O/c1-15-14(11-8-16-17(2)9-11)13-7-10-5-3-4-6-12(10)18-13/h3-6,8-9,13-15H,7H2,1-2H3. The van der Waals surface area contributed by atoms with Crippen molar-refractivity contribution in [1.82, 2.24) is 15.1 Å². The van der Waals surface area contributed by atoms with E-state index in [9.17, 15) is 0 Å². The second-order valence-corrected chi connectivity index (χ2v) is 4.68. The molecule has 0 amide bonds. The Labute approximate surface area is 107 Å². The van der Waals surface area contributed by atoms with Crippen LogP contribution in [0, 0.1) is 0 Å². The molecule has 4 heteroatoms.